The first kappa shape index (κ1) is 16.9. The van der Waals surface area contributed by atoms with Crippen molar-refractivity contribution in [3.8, 4) is 11.8 Å². The number of nitrogens with zero attached hydrogens (tertiary/aromatic N) is 1. The molecule has 3 heteroatoms. The molecule has 0 spiro atoms. The summed E-state index contributed by atoms with van der Waals surface area (Å²) < 4.78 is 0. The van der Waals surface area contributed by atoms with E-state index >= 15 is 0 Å². The second kappa shape index (κ2) is 9.50. The minimum atomic E-state index is -0.197. The summed E-state index contributed by atoms with van der Waals surface area (Å²) in [4.78, 5) is 14.1. The highest BCUT2D eigenvalue weighted by molar-refractivity contribution is 6.18. The second-order valence-corrected chi connectivity index (χ2v) is 5.22. The van der Waals surface area contributed by atoms with Crippen LogP contribution in [0.4, 0.5) is 0 Å². The van der Waals surface area contributed by atoms with Gasteiger partial charge < -0.3 is 4.90 Å². The Morgan fingerprint density at radius 2 is 1.65 bits per heavy atom. The zero-order valence-corrected chi connectivity index (χ0v) is 13.5. The Labute approximate surface area is 142 Å². The van der Waals surface area contributed by atoms with E-state index in [1.807, 2.05) is 72.8 Å². The Morgan fingerprint density at radius 1 is 1.00 bits per heavy atom. The Bertz CT molecular complexity index is 699. The van der Waals surface area contributed by atoms with Gasteiger partial charge in [0, 0.05) is 30.5 Å². The minimum absolute atomic E-state index is 0.197. The van der Waals surface area contributed by atoms with Gasteiger partial charge in [0.25, 0.3) is 5.91 Å². The van der Waals surface area contributed by atoms with Gasteiger partial charge in [0.15, 0.2) is 0 Å². The van der Waals surface area contributed by atoms with Crippen molar-refractivity contribution in [1.29, 1.82) is 0 Å². The number of carbonyl (C=O) groups is 1. The highest BCUT2D eigenvalue weighted by Gasteiger charge is 2.10. The summed E-state index contributed by atoms with van der Waals surface area (Å²) in [5.74, 6) is 5.86. The van der Waals surface area contributed by atoms with Crippen LogP contribution in [0.3, 0.4) is 0 Å². The highest BCUT2D eigenvalue weighted by Crippen LogP contribution is 2.05. The fourth-order valence-electron chi connectivity index (χ4n) is 2.01. The molecule has 116 valence electrons. The first-order chi connectivity index (χ1) is 11.3. The van der Waals surface area contributed by atoms with Crippen LogP contribution in [0.25, 0.3) is 0 Å². The van der Waals surface area contributed by atoms with Crippen molar-refractivity contribution < 1.29 is 4.79 Å². The molecule has 0 fully saturated rings. The molecular formula is C20H18ClNO. The highest BCUT2D eigenvalue weighted by atomic mass is 35.5. The lowest BCUT2D eigenvalue weighted by atomic mass is 10.2. The summed E-state index contributed by atoms with van der Waals surface area (Å²) >= 11 is 5.65. The summed E-state index contributed by atoms with van der Waals surface area (Å²) in [6, 6.07) is 19.4. The van der Waals surface area contributed by atoms with Gasteiger partial charge >= 0.3 is 0 Å². The maximum atomic E-state index is 12.4. The molecule has 0 unspecified atom stereocenters. The van der Waals surface area contributed by atoms with Gasteiger partial charge in [0.2, 0.25) is 0 Å². The lowest BCUT2D eigenvalue weighted by Crippen LogP contribution is -2.29. The van der Waals surface area contributed by atoms with Crippen molar-refractivity contribution in [1.82, 2.24) is 4.90 Å². The SMILES string of the molecule is O=C(C#Cc1ccccc1)N(C/C=C\CCl)Cc1ccccc1. The topological polar surface area (TPSA) is 20.3 Å². The number of halogens is 1. The van der Waals surface area contributed by atoms with Crippen molar-refractivity contribution in [3.05, 3.63) is 83.9 Å². The van der Waals surface area contributed by atoms with E-state index in [4.69, 9.17) is 11.6 Å². The zero-order valence-electron chi connectivity index (χ0n) is 12.8. The van der Waals surface area contributed by atoms with E-state index in [1.54, 1.807) is 4.90 Å². The van der Waals surface area contributed by atoms with E-state index in [9.17, 15) is 4.79 Å². The van der Waals surface area contributed by atoms with Crippen molar-refractivity contribution in [2.45, 2.75) is 6.54 Å². The molecule has 0 aliphatic carbocycles. The molecule has 0 heterocycles. The molecule has 0 saturated carbocycles. The Morgan fingerprint density at radius 3 is 2.30 bits per heavy atom. The quantitative estimate of drug-likeness (QED) is 0.465. The Kier molecular flexibility index (Phi) is 6.97. The van der Waals surface area contributed by atoms with Gasteiger partial charge in [-0.1, -0.05) is 66.6 Å². The minimum Gasteiger partial charge on any atom is -0.324 e. The predicted octanol–water partition coefficient (Wildman–Crippen LogP) is 3.86. The number of rotatable bonds is 5. The van der Waals surface area contributed by atoms with E-state index < -0.39 is 0 Å². The molecule has 0 aliphatic rings. The molecule has 2 rings (SSSR count). The van der Waals surface area contributed by atoms with Crippen molar-refractivity contribution >= 4 is 17.5 Å². The number of benzene rings is 2. The molecule has 23 heavy (non-hydrogen) atoms. The number of carbonyl (C=O) groups excluding carboxylic acids is 1. The Hall–Kier alpha value is -2.50. The van der Waals surface area contributed by atoms with E-state index in [-0.39, 0.29) is 5.91 Å². The van der Waals surface area contributed by atoms with Crippen LogP contribution in [0.15, 0.2) is 72.8 Å². The van der Waals surface area contributed by atoms with Gasteiger partial charge in [-0.25, -0.2) is 0 Å². The molecule has 2 aromatic carbocycles. The smallest absolute Gasteiger partial charge is 0.299 e. The second-order valence-electron chi connectivity index (χ2n) is 4.91. The zero-order chi connectivity index (χ0) is 16.3. The van der Waals surface area contributed by atoms with Crippen LogP contribution in [0.2, 0.25) is 0 Å². The van der Waals surface area contributed by atoms with Crippen molar-refractivity contribution in [3.63, 3.8) is 0 Å². The monoisotopic (exact) mass is 323 g/mol. The number of allylic oxidation sites excluding steroid dienone is 1. The van der Waals surface area contributed by atoms with Gasteiger partial charge in [0.1, 0.15) is 0 Å². The Balaban J connectivity index is 2.11. The van der Waals surface area contributed by atoms with Crippen LogP contribution < -0.4 is 0 Å². The molecule has 2 aromatic rings. The number of hydrogen-bond donors (Lipinski definition) is 0. The standard InChI is InChI=1S/C20H18ClNO/c21-15-7-8-16-22(17-19-11-5-2-6-12-19)20(23)14-13-18-9-3-1-4-10-18/h1-12H,15-17H2/b8-7-. The molecule has 0 N–H and O–H groups in total. The van der Waals surface area contributed by atoms with Crippen LogP contribution in [0.1, 0.15) is 11.1 Å². The average molecular weight is 324 g/mol. The average Bonchev–Trinajstić information content (AvgIpc) is 2.61. The molecule has 0 bridgehead atoms. The maximum absolute atomic E-state index is 12.4. The number of alkyl halides is 1. The van der Waals surface area contributed by atoms with Gasteiger partial charge in [-0.2, -0.15) is 0 Å². The largest absolute Gasteiger partial charge is 0.324 e. The van der Waals surface area contributed by atoms with Gasteiger partial charge in [-0.3, -0.25) is 4.79 Å². The van der Waals surface area contributed by atoms with E-state index in [1.165, 1.54) is 0 Å². The molecule has 0 atom stereocenters. The summed E-state index contributed by atoms with van der Waals surface area (Å²) in [5.41, 5.74) is 1.90. The van der Waals surface area contributed by atoms with Crippen molar-refractivity contribution in [2.75, 3.05) is 12.4 Å². The molecule has 0 radical (unpaired) electrons. The summed E-state index contributed by atoms with van der Waals surface area (Å²) in [7, 11) is 0. The fraction of sp³-hybridized carbons (Fsp3) is 0.150. The van der Waals surface area contributed by atoms with Gasteiger partial charge in [-0.05, 0) is 17.7 Å². The summed E-state index contributed by atoms with van der Waals surface area (Å²) in [6.45, 7) is 1.01. The lowest BCUT2D eigenvalue weighted by molar-refractivity contribution is -0.125. The van der Waals surface area contributed by atoms with Crippen molar-refractivity contribution in [2.24, 2.45) is 0 Å². The van der Waals surface area contributed by atoms with E-state index in [0.717, 1.165) is 11.1 Å². The van der Waals surface area contributed by atoms with E-state index in [2.05, 4.69) is 11.8 Å². The fourth-order valence-corrected chi connectivity index (χ4v) is 2.14. The molecule has 1 amide bonds. The first-order valence-corrected chi connectivity index (χ1v) is 7.94. The number of amides is 1. The molecule has 0 saturated heterocycles. The summed E-state index contributed by atoms with van der Waals surface area (Å²) in [6.07, 6.45) is 3.72. The van der Waals surface area contributed by atoms with Crippen LogP contribution in [-0.2, 0) is 11.3 Å². The normalized spacial score (nSPS) is 10.1. The first-order valence-electron chi connectivity index (χ1n) is 7.40. The lowest BCUT2D eigenvalue weighted by Gasteiger charge is -2.18. The third-order valence-corrected chi connectivity index (χ3v) is 3.35. The number of hydrogen-bond acceptors (Lipinski definition) is 1. The maximum Gasteiger partial charge on any atom is 0.299 e. The third-order valence-electron chi connectivity index (χ3n) is 3.17. The van der Waals surface area contributed by atoms with Crippen LogP contribution >= 0.6 is 11.6 Å². The molecule has 2 nitrogen and oxygen atoms in total. The summed E-state index contributed by atoms with van der Waals surface area (Å²) in [5, 5.41) is 0. The predicted molar refractivity (Wildman–Crippen MR) is 95.0 cm³/mol. The van der Waals surface area contributed by atoms with Gasteiger partial charge in [0.05, 0.1) is 0 Å². The molecular weight excluding hydrogens is 306 g/mol. The molecule has 0 aromatic heterocycles. The van der Waals surface area contributed by atoms with Crippen LogP contribution in [-0.4, -0.2) is 23.2 Å². The van der Waals surface area contributed by atoms with Crippen LogP contribution in [0.5, 0.6) is 0 Å². The third kappa shape index (κ3) is 6.02. The van der Waals surface area contributed by atoms with Crippen LogP contribution in [0, 0.1) is 11.8 Å². The van der Waals surface area contributed by atoms with Gasteiger partial charge in [-0.15, -0.1) is 11.6 Å². The van der Waals surface area contributed by atoms with E-state index in [0.29, 0.717) is 19.0 Å². The molecule has 0 aliphatic heterocycles.